The van der Waals surface area contributed by atoms with E-state index in [0.29, 0.717) is 16.7 Å². The van der Waals surface area contributed by atoms with Crippen LogP contribution in [0.25, 0.3) is 11.1 Å². The molecular weight excluding hydrogens is 282 g/mol. The van der Waals surface area contributed by atoms with E-state index in [4.69, 9.17) is 0 Å². The van der Waals surface area contributed by atoms with Crippen LogP contribution in [0.2, 0.25) is 0 Å². The summed E-state index contributed by atoms with van der Waals surface area (Å²) in [6.07, 6.45) is 2.56. The minimum absolute atomic E-state index is 0.389. The van der Waals surface area contributed by atoms with Gasteiger partial charge in [-0.25, -0.2) is 8.42 Å². The molecule has 0 aromatic heterocycles. The quantitative estimate of drug-likeness (QED) is 0.945. The lowest BCUT2D eigenvalue weighted by Gasteiger charge is -2.23. The highest BCUT2D eigenvalue weighted by Gasteiger charge is 2.31. The van der Waals surface area contributed by atoms with Gasteiger partial charge in [-0.05, 0) is 37.4 Å². The first-order chi connectivity index (χ1) is 10.2. The molecule has 1 aliphatic heterocycles. The van der Waals surface area contributed by atoms with E-state index < -0.39 is 9.84 Å². The fraction of sp³-hybridized carbons (Fsp3) is 0.235. The van der Waals surface area contributed by atoms with Crippen molar-refractivity contribution in [2.75, 3.05) is 6.54 Å². The van der Waals surface area contributed by atoms with Crippen molar-refractivity contribution in [1.82, 2.24) is 5.32 Å². The van der Waals surface area contributed by atoms with Gasteiger partial charge in [0, 0.05) is 5.56 Å². The SMILES string of the molecule is O=S(=O)([C]1CCCCN1)c1ccccc1-c1ccccc1. The molecule has 0 spiro atoms. The average Bonchev–Trinajstić information content (AvgIpc) is 2.56. The zero-order valence-electron chi connectivity index (χ0n) is 11.7. The van der Waals surface area contributed by atoms with Crippen molar-refractivity contribution in [2.24, 2.45) is 0 Å². The molecule has 0 saturated carbocycles. The first-order valence-corrected chi connectivity index (χ1v) is 8.67. The molecule has 0 unspecified atom stereocenters. The van der Waals surface area contributed by atoms with Crippen molar-refractivity contribution >= 4 is 9.84 Å². The van der Waals surface area contributed by atoms with E-state index in [-0.39, 0.29) is 0 Å². The maximum Gasteiger partial charge on any atom is 0.200 e. The lowest BCUT2D eigenvalue weighted by Crippen LogP contribution is -2.33. The van der Waals surface area contributed by atoms with Crippen molar-refractivity contribution in [3.8, 4) is 11.1 Å². The topological polar surface area (TPSA) is 46.2 Å². The Morgan fingerprint density at radius 2 is 1.57 bits per heavy atom. The number of sulfone groups is 1. The normalized spacial score (nSPS) is 16.8. The van der Waals surface area contributed by atoms with Gasteiger partial charge < -0.3 is 0 Å². The summed E-state index contributed by atoms with van der Waals surface area (Å²) in [6.45, 7) is 0.738. The van der Waals surface area contributed by atoms with Crippen molar-refractivity contribution in [2.45, 2.75) is 24.2 Å². The zero-order valence-corrected chi connectivity index (χ0v) is 12.6. The number of rotatable bonds is 3. The predicted molar refractivity (Wildman–Crippen MR) is 84.2 cm³/mol. The third-order valence-electron chi connectivity index (χ3n) is 3.74. The summed E-state index contributed by atoms with van der Waals surface area (Å²) in [5.74, 6) is 0. The van der Waals surface area contributed by atoms with Crippen LogP contribution in [0.5, 0.6) is 0 Å². The summed E-state index contributed by atoms with van der Waals surface area (Å²) >= 11 is 0. The van der Waals surface area contributed by atoms with E-state index in [0.717, 1.165) is 30.5 Å². The van der Waals surface area contributed by atoms with Crippen LogP contribution in [0.3, 0.4) is 0 Å². The van der Waals surface area contributed by atoms with Crippen molar-refractivity contribution < 1.29 is 8.42 Å². The van der Waals surface area contributed by atoms with Crippen molar-refractivity contribution in [3.63, 3.8) is 0 Å². The van der Waals surface area contributed by atoms with Crippen LogP contribution in [0.15, 0.2) is 59.5 Å². The average molecular weight is 300 g/mol. The molecule has 109 valence electrons. The highest BCUT2D eigenvalue weighted by Crippen LogP contribution is 2.33. The molecule has 4 heteroatoms. The molecule has 2 aromatic carbocycles. The van der Waals surface area contributed by atoms with Gasteiger partial charge in [-0.15, -0.1) is 0 Å². The fourth-order valence-electron chi connectivity index (χ4n) is 2.65. The second kappa shape index (κ2) is 6.00. The molecule has 1 radical (unpaired) electrons. The van der Waals surface area contributed by atoms with Gasteiger partial charge >= 0.3 is 0 Å². The van der Waals surface area contributed by atoms with Crippen LogP contribution >= 0.6 is 0 Å². The predicted octanol–water partition coefficient (Wildman–Crippen LogP) is 3.39. The Labute approximate surface area is 125 Å². The Hall–Kier alpha value is -1.65. The number of hydrogen-bond acceptors (Lipinski definition) is 3. The molecule has 0 amide bonds. The summed E-state index contributed by atoms with van der Waals surface area (Å²) in [7, 11) is -3.44. The molecule has 21 heavy (non-hydrogen) atoms. The molecule has 2 aromatic rings. The minimum atomic E-state index is -3.44. The van der Waals surface area contributed by atoms with E-state index in [2.05, 4.69) is 5.32 Å². The standard InChI is InChI=1S/C17H18NO2S/c19-21(20,17-12-6-7-13-18-17)16-11-5-4-10-15(16)14-8-2-1-3-9-14/h1-5,8-11,18H,6-7,12-13H2. The molecule has 1 N–H and O–H groups in total. The molecule has 0 aliphatic carbocycles. The van der Waals surface area contributed by atoms with E-state index in [1.807, 2.05) is 42.5 Å². The Balaban J connectivity index is 2.06. The smallest absolute Gasteiger partial charge is 0.200 e. The largest absolute Gasteiger partial charge is 0.296 e. The summed E-state index contributed by atoms with van der Waals surface area (Å²) < 4.78 is 25.8. The number of nitrogens with one attached hydrogen (secondary N) is 1. The van der Waals surface area contributed by atoms with Crippen molar-refractivity contribution in [3.05, 3.63) is 60.0 Å². The molecule has 3 nitrogen and oxygen atoms in total. The molecule has 1 saturated heterocycles. The lowest BCUT2D eigenvalue weighted by molar-refractivity contribution is 0.527. The highest BCUT2D eigenvalue weighted by atomic mass is 32.2. The minimum Gasteiger partial charge on any atom is -0.296 e. The van der Waals surface area contributed by atoms with E-state index in [1.54, 1.807) is 12.1 Å². The second-order valence-electron chi connectivity index (χ2n) is 5.17. The van der Waals surface area contributed by atoms with Gasteiger partial charge in [0.1, 0.15) is 0 Å². The maximum absolute atomic E-state index is 12.9. The number of benzene rings is 2. The summed E-state index contributed by atoms with van der Waals surface area (Å²) in [5.41, 5.74) is 1.69. The molecule has 0 bridgehead atoms. The Morgan fingerprint density at radius 1 is 0.857 bits per heavy atom. The Bertz CT molecular complexity index is 705. The van der Waals surface area contributed by atoms with Crippen LogP contribution in [0.4, 0.5) is 0 Å². The van der Waals surface area contributed by atoms with Gasteiger partial charge in [-0.1, -0.05) is 48.5 Å². The first kappa shape index (κ1) is 14.3. The maximum atomic E-state index is 12.9. The summed E-state index contributed by atoms with van der Waals surface area (Å²) in [5, 5.41) is 3.52. The van der Waals surface area contributed by atoms with Crippen LogP contribution in [-0.4, -0.2) is 15.0 Å². The molecule has 1 heterocycles. The van der Waals surface area contributed by atoms with Gasteiger partial charge in [0.05, 0.1) is 4.90 Å². The fourth-order valence-corrected chi connectivity index (χ4v) is 4.35. The monoisotopic (exact) mass is 300 g/mol. The molecule has 3 rings (SSSR count). The van der Waals surface area contributed by atoms with Gasteiger partial charge in [0.2, 0.25) is 9.84 Å². The van der Waals surface area contributed by atoms with Gasteiger partial charge in [0.15, 0.2) is 5.37 Å². The second-order valence-corrected chi connectivity index (χ2v) is 7.11. The van der Waals surface area contributed by atoms with E-state index in [9.17, 15) is 8.42 Å². The summed E-state index contributed by atoms with van der Waals surface area (Å²) in [4.78, 5) is 0.389. The Morgan fingerprint density at radius 3 is 2.29 bits per heavy atom. The Kier molecular flexibility index (Phi) is 4.08. The molecule has 1 fully saturated rings. The van der Waals surface area contributed by atoms with Crippen LogP contribution < -0.4 is 5.32 Å². The third-order valence-corrected chi connectivity index (χ3v) is 5.67. The van der Waals surface area contributed by atoms with Gasteiger partial charge in [-0.2, -0.15) is 0 Å². The first-order valence-electron chi connectivity index (χ1n) is 7.19. The summed E-state index contributed by atoms with van der Waals surface area (Å²) in [6, 6.07) is 16.9. The van der Waals surface area contributed by atoms with Gasteiger partial charge in [0.25, 0.3) is 0 Å². The zero-order chi connectivity index (χ0) is 14.7. The number of hydrogen-bond donors (Lipinski definition) is 1. The molecule has 0 atom stereocenters. The lowest BCUT2D eigenvalue weighted by atomic mass is 10.1. The van der Waals surface area contributed by atoms with Crippen LogP contribution in [0.1, 0.15) is 19.3 Å². The molecular formula is C17H18NO2S. The van der Waals surface area contributed by atoms with Crippen molar-refractivity contribution in [1.29, 1.82) is 0 Å². The van der Waals surface area contributed by atoms with Crippen LogP contribution in [-0.2, 0) is 9.84 Å². The number of piperidine rings is 1. The third kappa shape index (κ3) is 2.87. The van der Waals surface area contributed by atoms with Gasteiger partial charge in [-0.3, -0.25) is 5.32 Å². The van der Waals surface area contributed by atoms with E-state index in [1.165, 1.54) is 0 Å². The highest BCUT2D eigenvalue weighted by molar-refractivity contribution is 7.94. The molecule has 1 aliphatic rings. The van der Waals surface area contributed by atoms with Crippen LogP contribution in [0, 0.1) is 5.37 Å². The van der Waals surface area contributed by atoms with E-state index >= 15 is 0 Å².